The lowest BCUT2D eigenvalue weighted by molar-refractivity contribution is 0.318. The van der Waals surface area contributed by atoms with Crippen molar-refractivity contribution in [3.8, 4) is 0 Å². The molecule has 0 amide bonds. The summed E-state index contributed by atoms with van der Waals surface area (Å²) in [6.07, 6.45) is 0.370. The molecule has 1 atom stereocenters. The SMILES string of the molecule is CCO.CC[P+](=O)O.[AlH3]. The van der Waals surface area contributed by atoms with E-state index in [2.05, 4.69) is 0 Å². The molecule has 0 radical (unpaired) electrons. The first-order chi connectivity index (χ1) is 3.68. The molecule has 0 fully saturated rings. The Balaban J connectivity index is -0.0000000800. The summed E-state index contributed by atoms with van der Waals surface area (Å²) in [5.74, 6) is 0. The summed E-state index contributed by atoms with van der Waals surface area (Å²) >= 11 is 0. The molecule has 0 aromatic rings. The van der Waals surface area contributed by atoms with E-state index < -0.39 is 8.03 Å². The molecule has 0 aliphatic heterocycles. The summed E-state index contributed by atoms with van der Waals surface area (Å²) in [6, 6.07) is 0. The van der Waals surface area contributed by atoms with Crippen molar-refractivity contribution in [2.24, 2.45) is 0 Å². The molecule has 0 spiro atoms. The molecule has 0 aromatic carbocycles. The van der Waals surface area contributed by atoms with E-state index in [1.165, 1.54) is 0 Å². The fourth-order valence-corrected chi connectivity index (χ4v) is 0. The first-order valence-electron chi connectivity index (χ1n) is 2.43. The van der Waals surface area contributed by atoms with Crippen molar-refractivity contribution in [2.45, 2.75) is 13.8 Å². The van der Waals surface area contributed by atoms with Crippen LogP contribution in [0.5, 0.6) is 0 Å². The lowest BCUT2D eigenvalue weighted by Gasteiger charge is -1.53. The number of rotatable bonds is 1. The second-order valence-corrected chi connectivity index (χ2v) is 2.32. The molecular weight excluding hydrogens is 154 g/mol. The van der Waals surface area contributed by atoms with Gasteiger partial charge in [0.15, 0.2) is 23.5 Å². The van der Waals surface area contributed by atoms with Gasteiger partial charge in [0.1, 0.15) is 0 Å². The van der Waals surface area contributed by atoms with Gasteiger partial charge in [-0.1, -0.05) is 0 Å². The minimum absolute atomic E-state index is 0. The van der Waals surface area contributed by atoms with Crippen LogP contribution in [-0.4, -0.2) is 40.1 Å². The summed E-state index contributed by atoms with van der Waals surface area (Å²) in [6.45, 7) is 3.60. The van der Waals surface area contributed by atoms with E-state index in [1.807, 2.05) is 0 Å². The van der Waals surface area contributed by atoms with Gasteiger partial charge in [0.05, 0.1) is 0 Å². The lowest BCUT2D eigenvalue weighted by atomic mass is 10.9. The third-order valence-electron chi connectivity index (χ3n) is 0.271. The maximum absolute atomic E-state index is 9.52. The number of hydrogen-bond donors (Lipinski definition) is 2. The Labute approximate surface area is 67.1 Å². The fraction of sp³-hybridized carbons (Fsp3) is 1.00. The Morgan fingerprint density at radius 1 is 1.44 bits per heavy atom. The highest BCUT2D eigenvalue weighted by molar-refractivity contribution is 7.37. The van der Waals surface area contributed by atoms with Crippen LogP contribution in [0.1, 0.15) is 13.8 Å². The first-order valence-corrected chi connectivity index (χ1v) is 3.83. The zero-order valence-electron chi connectivity index (χ0n) is 5.16. The molecule has 56 valence electrons. The van der Waals surface area contributed by atoms with Gasteiger partial charge in [0, 0.05) is 6.61 Å². The summed E-state index contributed by atoms with van der Waals surface area (Å²) in [5.41, 5.74) is 0. The standard InChI is InChI=1S/C2H5O2P.C2H6O.Al.3H/c1-2-5(3)4;1-2-3;;;;/h2H2,1H3;3H,2H2,1H3;;;;/p+1. The molecule has 9 heavy (non-hydrogen) atoms. The normalized spacial score (nSPS) is 8.22. The Bertz CT molecular complexity index is 59.8. The predicted molar refractivity (Wildman–Crippen MR) is 43.1 cm³/mol. The van der Waals surface area contributed by atoms with Crippen LogP contribution in [0.15, 0.2) is 0 Å². The van der Waals surface area contributed by atoms with Crippen LogP contribution in [0.3, 0.4) is 0 Å². The molecule has 2 N–H and O–H groups in total. The highest BCUT2D eigenvalue weighted by atomic mass is 31.1. The Morgan fingerprint density at radius 3 is 1.56 bits per heavy atom. The Kier molecular flexibility index (Phi) is 28.6. The van der Waals surface area contributed by atoms with Crippen LogP contribution in [-0.2, 0) is 4.57 Å². The number of aliphatic hydroxyl groups is 1. The lowest BCUT2D eigenvalue weighted by Crippen LogP contribution is -1.57. The van der Waals surface area contributed by atoms with Crippen LogP contribution in [0.4, 0.5) is 0 Å². The second-order valence-electron chi connectivity index (χ2n) is 0.985. The molecule has 0 aromatic heterocycles. The van der Waals surface area contributed by atoms with Crippen molar-refractivity contribution < 1.29 is 14.6 Å². The molecule has 0 bridgehead atoms. The van der Waals surface area contributed by atoms with Gasteiger partial charge in [-0.15, -0.1) is 0 Å². The molecule has 3 nitrogen and oxygen atoms in total. The van der Waals surface area contributed by atoms with E-state index >= 15 is 0 Å². The Hall–Kier alpha value is 0.552. The molecule has 1 unspecified atom stereocenters. The average molecular weight is 169 g/mol. The first kappa shape index (κ1) is 16.3. The van der Waals surface area contributed by atoms with Gasteiger partial charge in [-0.25, -0.2) is 0 Å². The molecular formula is C4H15AlO3P+. The van der Waals surface area contributed by atoms with Gasteiger partial charge >= 0.3 is 8.03 Å². The minimum atomic E-state index is -1.85. The summed E-state index contributed by atoms with van der Waals surface area (Å²) in [5, 5.41) is 7.57. The minimum Gasteiger partial charge on any atom is -0.397 e. The highest BCUT2D eigenvalue weighted by Crippen LogP contribution is 2.08. The topological polar surface area (TPSA) is 57.5 Å². The molecule has 0 rings (SSSR count). The largest absolute Gasteiger partial charge is 0.505 e. The molecule has 0 saturated carbocycles. The average Bonchev–Trinajstić information content (AvgIpc) is 1.69. The number of hydrogen-bond acceptors (Lipinski definition) is 2. The van der Waals surface area contributed by atoms with Crippen LogP contribution in [0.25, 0.3) is 0 Å². The van der Waals surface area contributed by atoms with E-state index in [9.17, 15) is 4.57 Å². The van der Waals surface area contributed by atoms with Crippen molar-refractivity contribution in [1.82, 2.24) is 0 Å². The van der Waals surface area contributed by atoms with E-state index in [1.54, 1.807) is 13.8 Å². The maximum atomic E-state index is 9.52. The van der Waals surface area contributed by atoms with Gasteiger partial charge in [0.2, 0.25) is 0 Å². The fourth-order valence-electron chi connectivity index (χ4n) is 0. The van der Waals surface area contributed by atoms with Crippen molar-refractivity contribution >= 4 is 25.4 Å². The van der Waals surface area contributed by atoms with Crippen molar-refractivity contribution in [3.63, 3.8) is 0 Å². The quantitative estimate of drug-likeness (QED) is 0.413. The van der Waals surface area contributed by atoms with Crippen LogP contribution in [0, 0.1) is 0 Å². The highest BCUT2D eigenvalue weighted by Gasteiger charge is 1.98. The van der Waals surface area contributed by atoms with Crippen LogP contribution < -0.4 is 0 Å². The molecule has 0 aliphatic carbocycles. The summed E-state index contributed by atoms with van der Waals surface area (Å²) in [4.78, 5) is 7.87. The van der Waals surface area contributed by atoms with E-state index in [0.717, 1.165) is 0 Å². The van der Waals surface area contributed by atoms with Gasteiger partial charge in [-0.05, 0) is 18.4 Å². The maximum Gasteiger partial charge on any atom is 0.505 e. The van der Waals surface area contributed by atoms with Crippen molar-refractivity contribution in [2.75, 3.05) is 12.8 Å². The third kappa shape index (κ3) is 56.4. The van der Waals surface area contributed by atoms with Crippen molar-refractivity contribution in [1.29, 1.82) is 0 Å². The van der Waals surface area contributed by atoms with Gasteiger partial charge in [-0.3, -0.25) is 0 Å². The zero-order chi connectivity index (χ0) is 6.99. The van der Waals surface area contributed by atoms with Crippen LogP contribution in [0.2, 0.25) is 0 Å². The Morgan fingerprint density at radius 2 is 1.56 bits per heavy atom. The van der Waals surface area contributed by atoms with Crippen molar-refractivity contribution in [3.05, 3.63) is 0 Å². The van der Waals surface area contributed by atoms with E-state index in [4.69, 9.17) is 10.00 Å². The molecule has 0 saturated heterocycles. The summed E-state index contributed by atoms with van der Waals surface area (Å²) < 4.78 is 9.52. The number of aliphatic hydroxyl groups excluding tert-OH is 1. The zero-order valence-corrected chi connectivity index (χ0v) is 6.06. The molecule has 0 heterocycles. The predicted octanol–water partition coefficient (Wildman–Crippen LogP) is -0.444. The molecule has 0 aliphatic rings. The van der Waals surface area contributed by atoms with Gasteiger partial charge in [0.25, 0.3) is 0 Å². The monoisotopic (exact) mass is 169 g/mol. The van der Waals surface area contributed by atoms with E-state index in [-0.39, 0.29) is 24.0 Å². The second kappa shape index (κ2) is 15.8. The molecule has 5 heteroatoms. The van der Waals surface area contributed by atoms with Crippen LogP contribution >= 0.6 is 8.03 Å². The van der Waals surface area contributed by atoms with Gasteiger partial charge < -0.3 is 5.11 Å². The van der Waals surface area contributed by atoms with Gasteiger partial charge in [-0.2, -0.15) is 4.89 Å². The third-order valence-corrected chi connectivity index (χ3v) is 0.812. The van der Waals surface area contributed by atoms with E-state index in [0.29, 0.717) is 6.16 Å². The smallest absolute Gasteiger partial charge is 0.397 e. The summed E-state index contributed by atoms with van der Waals surface area (Å²) in [7, 11) is -1.85.